The molecular formula is C14H15BrFN3. The topological polar surface area (TPSA) is 50.9 Å². The first-order chi connectivity index (χ1) is 9.11. The molecule has 0 fully saturated rings. The number of hydrogen-bond acceptors (Lipinski definition) is 3. The number of rotatable bonds is 4. The van der Waals surface area contributed by atoms with Crippen LogP contribution in [0.2, 0.25) is 0 Å². The predicted molar refractivity (Wildman–Crippen MR) is 76.8 cm³/mol. The van der Waals surface area contributed by atoms with Gasteiger partial charge in [0.15, 0.2) is 0 Å². The summed E-state index contributed by atoms with van der Waals surface area (Å²) < 4.78 is 14.0. The fraction of sp³-hybridized carbons (Fsp3) is 0.214. The maximum Gasteiger partial charge on any atom is 0.123 e. The van der Waals surface area contributed by atoms with Gasteiger partial charge in [0.1, 0.15) is 5.82 Å². The number of hydrogen-bond donors (Lipinski definition) is 2. The van der Waals surface area contributed by atoms with Crippen LogP contribution in [0.25, 0.3) is 0 Å². The minimum absolute atomic E-state index is 0.125. The van der Waals surface area contributed by atoms with E-state index in [9.17, 15) is 4.39 Å². The van der Waals surface area contributed by atoms with E-state index in [0.29, 0.717) is 6.42 Å². The fourth-order valence-corrected chi connectivity index (χ4v) is 2.53. The van der Waals surface area contributed by atoms with Crippen molar-refractivity contribution >= 4 is 15.9 Å². The number of aromatic nitrogens is 1. The minimum atomic E-state index is -0.225. The summed E-state index contributed by atoms with van der Waals surface area (Å²) in [5.74, 6) is 5.39. The van der Waals surface area contributed by atoms with Crippen LogP contribution in [0.4, 0.5) is 4.39 Å². The maximum absolute atomic E-state index is 13.1. The van der Waals surface area contributed by atoms with Gasteiger partial charge in [0.2, 0.25) is 0 Å². The Morgan fingerprint density at radius 2 is 2.21 bits per heavy atom. The molecule has 0 radical (unpaired) electrons. The van der Waals surface area contributed by atoms with E-state index in [0.717, 1.165) is 21.3 Å². The van der Waals surface area contributed by atoms with E-state index in [1.807, 2.05) is 19.1 Å². The molecule has 0 saturated carbocycles. The van der Waals surface area contributed by atoms with Gasteiger partial charge in [-0.2, -0.15) is 0 Å². The normalized spacial score (nSPS) is 12.4. The van der Waals surface area contributed by atoms with Crippen LogP contribution in [0.3, 0.4) is 0 Å². The van der Waals surface area contributed by atoms with E-state index in [1.165, 1.54) is 12.1 Å². The number of hydrazine groups is 1. The SMILES string of the molecule is Cc1cc(F)ccc1CC(NN)c1ncccc1Br. The molecule has 1 heterocycles. The van der Waals surface area contributed by atoms with Crippen molar-refractivity contribution in [1.29, 1.82) is 0 Å². The quantitative estimate of drug-likeness (QED) is 0.671. The number of benzene rings is 1. The molecule has 1 aromatic heterocycles. The lowest BCUT2D eigenvalue weighted by Gasteiger charge is -2.18. The Bertz CT molecular complexity index is 574. The first-order valence-electron chi connectivity index (χ1n) is 5.93. The van der Waals surface area contributed by atoms with Crippen LogP contribution in [0.1, 0.15) is 22.9 Å². The molecule has 0 aliphatic carbocycles. The Morgan fingerprint density at radius 1 is 1.42 bits per heavy atom. The third-order valence-corrected chi connectivity index (χ3v) is 3.72. The van der Waals surface area contributed by atoms with Gasteiger partial charge in [-0.3, -0.25) is 16.3 Å². The van der Waals surface area contributed by atoms with Crippen LogP contribution in [-0.2, 0) is 6.42 Å². The Balaban J connectivity index is 2.27. The molecule has 0 spiro atoms. The van der Waals surface area contributed by atoms with Gasteiger partial charge in [-0.15, -0.1) is 0 Å². The van der Waals surface area contributed by atoms with Crippen LogP contribution in [0, 0.1) is 12.7 Å². The number of halogens is 2. The fourth-order valence-electron chi connectivity index (χ4n) is 2.00. The van der Waals surface area contributed by atoms with Crippen molar-refractivity contribution in [1.82, 2.24) is 10.4 Å². The van der Waals surface area contributed by atoms with Crippen molar-refractivity contribution in [2.75, 3.05) is 0 Å². The molecule has 0 amide bonds. The van der Waals surface area contributed by atoms with Crippen molar-refractivity contribution in [3.63, 3.8) is 0 Å². The Labute approximate surface area is 120 Å². The van der Waals surface area contributed by atoms with Crippen LogP contribution in [0.5, 0.6) is 0 Å². The van der Waals surface area contributed by atoms with Gasteiger partial charge in [0.25, 0.3) is 0 Å². The largest absolute Gasteiger partial charge is 0.271 e. The summed E-state index contributed by atoms with van der Waals surface area (Å²) in [5, 5.41) is 0. The summed E-state index contributed by atoms with van der Waals surface area (Å²) >= 11 is 3.46. The van der Waals surface area contributed by atoms with Crippen molar-refractivity contribution in [3.05, 3.63) is 63.6 Å². The number of aryl methyl sites for hydroxylation is 1. The zero-order valence-electron chi connectivity index (χ0n) is 10.5. The third-order valence-electron chi connectivity index (χ3n) is 3.05. The highest BCUT2D eigenvalue weighted by atomic mass is 79.9. The van der Waals surface area contributed by atoms with E-state index >= 15 is 0 Å². The molecule has 0 aliphatic heterocycles. The number of nitrogens with two attached hydrogens (primary N) is 1. The summed E-state index contributed by atoms with van der Waals surface area (Å²) in [4.78, 5) is 4.33. The summed E-state index contributed by atoms with van der Waals surface area (Å²) in [6.45, 7) is 1.89. The van der Waals surface area contributed by atoms with Gasteiger partial charge >= 0.3 is 0 Å². The molecule has 5 heteroatoms. The predicted octanol–water partition coefficient (Wildman–Crippen LogP) is 3.04. The summed E-state index contributed by atoms with van der Waals surface area (Å²) in [7, 11) is 0. The average molecular weight is 324 g/mol. The second-order valence-corrected chi connectivity index (χ2v) is 5.22. The van der Waals surface area contributed by atoms with E-state index in [4.69, 9.17) is 5.84 Å². The molecule has 1 atom stereocenters. The minimum Gasteiger partial charge on any atom is -0.271 e. The monoisotopic (exact) mass is 323 g/mol. The number of nitrogens with one attached hydrogen (secondary N) is 1. The second-order valence-electron chi connectivity index (χ2n) is 4.36. The maximum atomic E-state index is 13.1. The first kappa shape index (κ1) is 14.1. The highest BCUT2D eigenvalue weighted by Gasteiger charge is 2.16. The van der Waals surface area contributed by atoms with Gasteiger partial charge < -0.3 is 0 Å². The number of nitrogens with zero attached hydrogens (tertiary/aromatic N) is 1. The molecule has 3 N–H and O–H groups in total. The Kier molecular flexibility index (Phi) is 4.63. The number of pyridine rings is 1. The lowest BCUT2D eigenvalue weighted by atomic mass is 9.99. The van der Waals surface area contributed by atoms with E-state index < -0.39 is 0 Å². The van der Waals surface area contributed by atoms with Crippen LogP contribution < -0.4 is 11.3 Å². The van der Waals surface area contributed by atoms with Gasteiger partial charge in [0, 0.05) is 10.7 Å². The van der Waals surface area contributed by atoms with Crippen LogP contribution in [-0.4, -0.2) is 4.98 Å². The standard InChI is InChI=1S/C14H15BrFN3/c1-9-7-11(16)5-4-10(9)8-13(19-17)14-12(15)3-2-6-18-14/h2-7,13,19H,8,17H2,1H3. The van der Waals surface area contributed by atoms with Crippen molar-refractivity contribution in [2.24, 2.45) is 5.84 Å². The van der Waals surface area contributed by atoms with E-state index in [2.05, 4.69) is 26.3 Å². The summed E-state index contributed by atoms with van der Waals surface area (Å²) in [5.41, 5.74) is 5.56. The third kappa shape index (κ3) is 3.37. The zero-order chi connectivity index (χ0) is 13.8. The first-order valence-corrected chi connectivity index (χ1v) is 6.72. The van der Waals surface area contributed by atoms with Gasteiger partial charge in [-0.05, 0) is 64.7 Å². The van der Waals surface area contributed by atoms with Crippen LogP contribution >= 0.6 is 15.9 Å². The second kappa shape index (κ2) is 6.23. The highest BCUT2D eigenvalue weighted by molar-refractivity contribution is 9.10. The van der Waals surface area contributed by atoms with Gasteiger partial charge in [-0.1, -0.05) is 6.07 Å². The smallest absolute Gasteiger partial charge is 0.123 e. The molecule has 0 aliphatic rings. The van der Waals surface area contributed by atoms with Crippen molar-refractivity contribution in [2.45, 2.75) is 19.4 Å². The van der Waals surface area contributed by atoms with Gasteiger partial charge in [0.05, 0.1) is 11.7 Å². The van der Waals surface area contributed by atoms with Crippen molar-refractivity contribution < 1.29 is 4.39 Å². The van der Waals surface area contributed by atoms with E-state index in [-0.39, 0.29) is 11.9 Å². The molecule has 1 aromatic carbocycles. The molecule has 1 unspecified atom stereocenters. The molecule has 0 saturated heterocycles. The van der Waals surface area contributed by atoms with Crippen molar-refractivity contribution in [3.8, 4) is 0 Å². The Hall–Kier alpha value is -1.30. The average Bonchev–Trinajstić information content (AvgIpc) is 2.39. The molecule has 2 rings (SSSR count). The summed E-state index contributed by atoms with van der Waals surface area (Å²) in [6.07, 6.45) is 2.38. The Morgan fingerprint density at radius 3 is 2.84 bits per heavy atom. The molecule has 19 heavy (non-hydrogen) atoms. The highest BCUT2D eigenvalue weighted by Crippen LogP contribution is 2.24. The molecule has 0 bridgehead atoms. The molecule has 3 nitrogen and oxygen atoms in total. The van der Waals surface area contributed by atoms with E-state index in [1.54, 1.807) is 12.3 Å². The lowest BCUT2D eigenvalue weighted by molar-refractivity contribution is 0.534. The molecule has 100 valence electrons. The summed E-state index contributed by atoms with van der Waals surface area (Å²) in [6, 6.07) is 8.42. The van der Waals surface area contributed by atoms with Crippen LogP contribution in [0.15, 0.2) is 41.0 Å². The lowest BCUT2D eigenvalue weighted by Crippen LogP contribution is -2.30. The zero-order valence-corrected chi connectivity index (χ0v) is 12.1. The van der Waals surface area contributed by atoms with Gasteiger partial charge in [-0.25, -0.2) is 4.39 Å². The molecular weight excluding hydrogens is 309 g/mol. The molecule has 2 aromatic rings.